The number of para-hydroxylation sites is 1. The van der Waals surface area contributed by atoms with Crippen molar-refractivity contribution < 1.29 is 14.3 Å². The second kappa shape index (κ2) is 7.07. The van der Waals surface area contributed by atoms with Crippen LogP contribution in [0.2, 0.25) is 0 Å². The molecule has 0 aromatic heterocycles. The molecule has 1 heterocycles. The summed E-state index contributed by atoms with van der Waals surface area (Å²) in [4.78, 5) is 24.3. The Morgan fingerprint density at radius 3 is 2.48 bits per heavy atom. The Bertz CT molecular complexity index is 694. The third kappa shape index (κ3) is 3.96. The van der Waals surface area contributed by atoms with Crippen LogP contribution < -0.4 is 10.6 Å². The first-order chi connectivity index (χ1) is 11.2. The predicted molar refractivity (Wildman–Crippen MR) is 88.4 cm³/mol. The van der Waals surface area contributed by atoms with Crippen LogP contribution in [0, 0.1) is 0 Å². The first-order valence-electron chi connectivity index (χ1n) is 7.61. The van der Waals surface area contributed by atoms with Gasteiger partial charge in [0.15, 0.2) is 0 Å². The maximum atomic E-state index is 12.3. The van der Waals surface area contributed by atoms with Crippen LogP contribution in [0.15, 0.2) is 54.6 Å². The molecule has 5 nitrogen and oxygen atoms in total. The smallest absolute Gasteiger partial charge is 0.255 e. The molecule has 0 saturated carbocycles. The van der Waals surface area contributed by atoms with Crippen LogP contribution >= 0.6 is 0 Å². The van der Waals surface area contributed by atoms with Crippen molar-refractivity contribution in [2.45, 2.75) is 18.9 Å². The van der Waals surface area contributed by atoms with Gasteiger partial charge in [-0.2, -0.15) is 0 Å². The Morgan fingerprint density at radius 2 is 1.74 bits per heavy atom. The summed E-state index contributed by atoms with van der Waals surface area (Å²) in [6.45, 7) is 0.623. The molecular formula is C18H18N2O3. The number of hydrogen-bond acceptors (Lipinski definition) is 3. The minimum atomic E-state index is -0.392. The summed E-state index contributed by atoms with van der Waals surface area (Å²) >= 11 is 0. The molecule has 2 amide bonds. The molecule has 0 radical (unpaired) electrons. The van der Waals surface area contributed by atoms with E-state index in [4.69, 9.17) is 4.74 Å². The fourth-order valence-electron chi connectivity index (χ4n) is 2.47. The van der Waals surface area contributed by atoms with Crippen molar-refractivity contribution in [3.8, 4) is 0 Å². The van der Waals surface area contributed by atoms with E-state index in [1.165, 1.54) is 0 Å². The summed E-state index contributed by atoms with van der Waals surface area (Å²) < 4.78 is 5.35. The lowest BCUT2D eigenvalue weighted by molar-refractivity contribution is -0.124. The van der Waals surface area contributed by atoms with Crippen LogP contribution in [0.4, 0.5) is 11.4 Å². The standard InChI is InChI=1S/C18H18N2O3/c21-17(19-14-7-2-1-3-8-14)13-6-4-9-15(12-13)20-18(22)16-10-5-11-23-16/h1-4,6-9,12,16H,5,10-11H2,(H,19,21)(H,20,22)/t16-/m1/s1. The minimum absolute atomic E-state index is 0.164. The van der Waals surface area contributed by atoms with Crippen LogP contribution in [0.1, 0.15) is 23.2 Å². The van der Waals surface area contributed by atoms with E-state index in [0.29, 0.717) is 17.9 Å². The molecule has 3 rings (SSSR count). The molecule has 2 aromatic rings. The van der Waals surface area contributed by atoms with Gasteiger partial charge in [-0.15, -0.1) is 0 Å². The minimum Gasteiger partial charge on any atom is -0.368 e. The molecule has 23 heavy (non-hydrogen) atoms. The molecule has 5 heteroatoms. The molecule has 1 aliphatic rings. The summed E-state index contributed by atoms with van der Waals surface area (Å²) in [6, 6.07) is 16.1. The van der Waals surface area contributed by atoms with E-state index in [0.717, 1.165) is 18.5 Å². The Balaban J connectivity index is 1.67. The topological polar surface area (TPSA) is 67.4 Å². The summed E-state index contributed by atoms with van der Waals surface area (Å²) in [7, 11) is 0. The molecule has 1 fully saturated rings. The fraction of sp³-hybridized carbons (Fsp3) is 0.222. The molecule has 1 atom stereocenters. The van der Waals surface area contributed by atoms with Gasteiger partial charge in [0.05, 0.1) is 0 Å². The van der Waals surface area contributed by atoms with E-state index < -0.39 is 6.10 Å². The fourth-order valence-corrected chi connectivity index (χ4v) is 2.47. The van der Waals surface area contributed by atoms with Gasteiger partial charge < -0.3 is 15.4 Å². The molecule has 0 aliphatic carbocycles. The molecule has 0 bridgehead atoms. The van der Waals surface area contributed by atoms with E-state index in [9.17, 15) is 9.59 Å². The van der Waals surface area contributed by atoms with Crippen LogP contribution in [0.25, 0.3) is 0 Å². The van der Waals surface area contributed by atoms with Crippen molar-refractivity contribution in [3.05, 3.63) is 60.2 Å². The van der Waals surface area contributed by atoms with Gasteiger partial charge in [-0.05, 0) is 43.2 Å². The Hall–Kier alpha value is -2.66. The van der Waals surface area contributed by atoms with E-state index in [-0.39, 0.29) is 11.8 Å². The van der Waals surface area contributed by atoms with Gasteiger partial charge in [0.1, 0.15) is 6.10 Å². The lowest BCUT2D eigenvalue weighted by Crippen LogP contribution is -2.27. The maximum absolute atomic E-state index is 12.3. The van der Waals surface area contributed by atoms with Gasteiger partial charge in [0, 0.05) is 23.5 Å². The lowest BCUT2D eigenvalue weighted by Gasteiger charge is -2.11. The van der Waals surface area contributed by atoms with Gasteiger partial charge in [0.2, 0.25) is 0 Å². The van der Waals surface area contributed by atoms with Gasteiger partial charge in [-0.3, -0.25) is 9.59 Å². The zero-order chi connectivity index (χ0) is 16.1. The van der Waals surface area contributed by atoms with Gasteiger partial charge >= 0.3 is 0 Å². The lowest BCUT2D eigenvalue weighted by atomic mass is 10.1. The quantitative estimate of drug-likeness (QED) is 0.912. The van der Waals surface area contributed by atoms with Gasteiger partial charge in [-0.1, -0.05) is 24.3 Å². The zero-order valence-corrected chi connectivity index (χ0v) is 12.6. The third-order valence-electron chi connectivity index (χ3n) is 3.65. The first-order valence-corrected chi connectivity index (χ1v) is 7.61. The molecule has 1 saturated heterocycles. The van der Waals surface area contributed by atoms with Crippen molar-refractivity contribution in [3.63, 3.8) is 0 Å². The van der Waals surface area contributed by atoms with E-state index in [2.05, 4.69) is 10.6 Å². The third-order valence-corrected chi connectivity index (χ3v) is 3.65. The van der Waals surface area contributed by atoms with E-state index in [1.807, 2.05) is 30.3 Å². The normalized spacial score (nSPS) is 16.8. The number of anilines is 2. The number of amides is 2. The number of ether oxygens (including phenoxy) is 1. The monoisotopic (exact) mass is 310 g/mol. The van der Waals surface area contributed by atoms with Gasteiger partial charge in [0.25, 0.3) is 11.8 Å². The van der Waals surface area contributed by atoms with Crippen molar-refractivity contribution in [1.82, 2.24) is 0 Å². The first kappa shape index (κ1) is 15.2. The molecule has 118 valence electrons. The molecule has 0 spiro atoms. The Kier molecular flexibility index (Phi) is 4.68. The SMILES string of the molecule is O=C(Nc1ccccc1)c1cccc(NC(=O)[C@H]2CCCO2)c1. The number of carbonyl (C=O) groups is 2. The largest absolute Gasteiger partial charge is 0.368 e. The molecule has 0 unspecified atom stereocenters. The second-order valence-corrected chi connectivity index (χ2v) is 5.39. The number of benzene rings is 2. The predicted octanol–water partition coefficient (Wildman–Crippen LogP) is 3.06. The number of rotatable bonds is 4. The summed E-state index contributed by atoms with van der Waals surface area (Å²) in [5, 5.41) is 5.62. The average Bonchev–Trinajstić information content (AvgIpc) is 3.11. The van der Waals surface area contributed by atoms with Gasteiger partial charge in [-0.25, -0.2) is 0 Å². The van der Waals surface area contributed by atoms with Crippen molar-refractivity contribution >= 4 is 23.2 Å². The summed E-state index contributed by atoms with van der Waals surface area (Å²) in [5.41, 5.74) is 1.80. The summed E-state index contributed by atoms with van der Waals surface area (Å²) in [5.74, 6) is -0.382. The Labute approximate surface area is 134 Å². The highest BCUT2D eigenvalue weighted by molar-refractivity contribution is 6.05. The second-order valence-electron chi connectivity index (χ2n) is 5.39. The molecule has 1 aliphatic heterocycles. The highest BCUT2D eigenvalue weighted by atomic mass is 16.5. The summed E-state index contributed by atoms with van der Waals surface area (Å²) in [6.07, 6.45) is 1.24. The zero-order valence-electron chi connectivity index (χ0n) is 12.6. The van der Waals surface area contributed by atoms with Crippen LogP contribution in [0.3, 0.4) is 0 Å². The Morgan fingerprint density at radius 1 is 0.957 bits per heavy atom. The van der Waals surface area contributed by atoms with Crippen molar-refractivity contribution in [1.29, 1.82) is 0 Å². The average molecular weight is 310 g/mol. The highest BCUT2D eigenvalue weighted by Gasteiger charge is 2.23. The van der Waals surface area contributed by atoms with Crippen LogP contribution in [-0.4, -0.2) is 24.5 Å². The molecule has 2 N–H and O–H groups in total. The van der Waals surface area contributed by atoms with E-state index in [1.54, 1.807) is 24.3 Å². The highest BCUT2D eigenvalue weighted by Crippen LogP contribution is 2.17. The van der Waals surface area contributed by atoms with Crippen molar-refractivity contribution in [2.75, 3.05) is 17.2 Å². The maximum Gasteiger partial charge on any atom is 0.255 e. The molecular weight excluding hydrogens is 292 g/mol. The number of nitrogens with one attached hydrogen (secondary N) is 2. The molecule has 2 aromatic carbocycles. The number of carbonyl (C=O) groups excluding carboxylic acids is 2. The van der Waals surface area contributed by atoms with E-state index >= 15 is 0 Å². The number of hydrogen-bond donors (Lipinski definition) is 2. The van der Waals surface area contributed by atoms with Crippen LogP contribution in [0.5, 0.6) is 0 Å². The van der Waals surface area contributed by atoms with Crippen LogP contribution in [-0.2, 0) is 9.53 Å². The van der Waals surface area contributed by atoms with Crippen molar-refractivity contribution in [2.24, 2.45) is 0 Å².